The van der Waals surface area contributed by atoms with E-state index in [-0.39, 0.29) is 23.9 Å². The maximum absolute atomic E-state index is 12.7. The minimum Gasteiger partial charge on any atom is -0.368 e. The Hall–Kier alpha value is -2.35. The van der Waals surface area contributed by atoms with Gasteiger partial charge in [-0.25, -0.2) is 4.98 Å². The second-order valence-electron chi connectivity index (χ2n) is 7.72. The highest BCUT2D eigenvalue weighted by molar-refractivity contribution is 6.33. The SMILES string of the molecule is Cc1cc(C)n(CCCN2C(=O)CC3C2CCN3c2nc(N)nc(C)c2Cl)n1. The molecule has 28 heavy (non-hydrogen) atoms. The first-order valence-corrected chi connectivity index (χ1v) is 10.1. The van der Waals surface area contributed by atoms with Crippen molar-refractivity contribution < 1.29 is 4.79 Å². The molecule has 2 fully saturated rings. The van der Waals surface area contributed by atoms with Gasteiger partial charge in [-0.2, -0.15) is 10.1 Å². The van der Waals surface area contributed by atoms with Crippen LogP contribution in [0.1, 0.15) is 36.3 Å². The molecule has 2 aromatic rings. The van der Waals surface area contributed by atoms with Crippen LogP contribution in [0.4, 0.5) is 11.8 Å². The molecule has 9 heteroatoms. The molecule has 2 unspecified atom stereocenters. The fourth-order valence-corrected chi connectivity index (χ4v) is 4.72. The number of fused-ring (bicyclic) bond motifs is 1. The van der Waals surface area contributed by atoms with Gasteiger partial charge in [0.1, 0.15) is 5.02 Å². The van der Waals surface area contributed by atoms with E-state index in [0.29, 0.717) is 23.0 Å². The molecule has 0 aliphatic carbocycles. The van der Waals surface area contributed by atoms with E-state index >= 15 is 0 Å². The van der Waals surface area contributed by atoms with Crippen LogP contribution in [0.2, 0.25) is 5.02 Å². The number of nitrogens with two attached hydrogens (primary N) is 1. The van der Waals surface area contributed by atoms with E-state index in [2.05, 4.69) is 33.0 Å². The predicted octanol–water partition coefficient (Wildman–Crippen LogP) is 2.10. The van der Waals surface area contributed by atoms with Crippen LogP contribution in [-0.4, -0.2) is 55.7 Å². The normalized spacial score (nSPS) is 21.6. The Morgan fingerprint density at radius 3 is 2.71 bits per heavy atom. The van der Waals surface area contributed by atoms with Gasteiger partial charge in [0.25, 0.3) is 0 Å². The molecule has 4 rings (SSSR count). The molecule has 0 bridgehead atoms. The van der Waals surface area contributed by atoms with E-state index < -0.39 is 0 Å². The summed E-state index contributed by atoms with van der Waals surface area (Å²) in [6.45, 7) is 8.25. The number of hydrogen-bond acceptors (Lipinski definition) is 6. The van der Waals surface area contributed by atoms with Crippen LogP contribution in [0.25, 0.3) is 0 Å². The molecule has 2 saturated heterocycles. The number of likely N-dealkylation sites (tertiary alicyclic amines) is 1. The fourth-order valence-electron chi connectivity index (χ4n) is 4.53. The molecule has 2 aliphatic heterocycles. The zero-order chi connectivity index (χ0) is 20.0. The molecule has 0 spiro atoms. The van der Waals surface area contributed by atoms with Gasteiger partial charge in [0, 0.05) is 31.7 Å². The smallest absolute Gasteiger partial charge is 0.225 e. The highest BCUT2D eigenvalue weighted by atomic mass is 35.5. The van der Waals surface area contributed by atoms with Crippen molar-refractivity contribution in [2.24, 2.45) is 0 Å². The van der Waals surface area contributed by atoms with Gasteiger partial charge in [-0.1, -0.05) is 11.6 Å². The zero-order valence-electron chi connectivity index (χ0n) is 16.5. The van der Waals surface area contributed by atoms with Gasteiger partial charge >= 0.3 is 0 Å². The van der Waals surface area contributed by atoms with Gasteiger partial charge in [0.05, 0.1) is 23.5 Å². The first-order chi connectivity index (χ1) is 13.3. The Morgan fingerprint density at radius 1 is 1.21 bits per heavy atom. The average molecular weight is 404 g/mol. The zero-order valence-corrected chi connectivity index (χ0v) is 17.3. The minimum atomic E-state index is 0.0902. The van der Waals surface area contributed by atoms with Crippen molar-refractivity contribution in [1.29, 1.82) is 0 Å². The summed E-state index contributed by atoms with van der Waals surface area (Å²) in [7, 11) is 0. The van der Waals surface area contributed by atoms with Crippen LogP contribution >= 0.6 is 11.6 Å². The van der Waals surface area contributed by atoms with Crippen molar-refractivity contribution in [3.05, 3.63) is 28.2 Å². The number of nitrogen functional groups attached to an aromatic ring is 1. The highest BCUT2D eigenvalue weighted by Gasteiger charge is 2.47. The second kappa shape index (κ2) is 7.24. The summed E-state index contributed by atoms with van der Waals surface area (Å²) in [6.07, 6.45) is 2.29. The van der Waals surface area contributed by atoms with E-state index in [1.807, 2.05) is 23.4 Å². The molecule has 4 heterocycles. The van der Waals surface area contributed by atoms with E-state index in [9.17, 15) is 4.79 Å². The van der Waals surface area contributed by atoms with Crippen LogP contribution in [0.15, 0.2) is 6.07 Å². The molecule has 2 aromatic heterocycles. The first kappa shape index (κ1) is 19.0. The van der Waals surface area contributed by atoms with Crippen molar-refractivity contribution in [1.82, 2.24) is 24.6 Å². The largest absolute Gasteiger partial charge is 0.368 e. The number of halogens is 1. The van der Waals surface area contributed by atoms with Crippen molar-refractivity contribution in [3.8, 4) is 0 Å². The lowest BCUT2D eigenvalue weighted by molar-refractivity contribution is -0.129. The third-order valence-corrected chi connectivity index (χ3v) is 6.22. The molecule has 2 aliphatic rings. The van der Waals surface area contributed by atoms with Crippen molar-refractivity contribution in [2.75, 3.05) is 23.7 Å². The summed E-state index contributed by atoms with van der Waals surface area (Å²) in [5.41, 5.74) is 8.67. The quantitative estimate of drug-likeness (QED) is 0.821. The van der Waals surface area contributed by atoms with Gasteiger partial charge < -0.3 is 15.5 Å². The molecule has 150 valence electrons. The predicted molar refractivity (Wildman–Crippen MR) is 108 cm³/mol. The topological polar surface area (TPSA) is 93.2 Å². The number of rotatable bonds is 5. The summed E-state index contributed by atoms with van der Waals surface area (Å²) in [5, 5.41) is 5.02. The van der Waals surface area contributed by atoms with Gasteiger partial charge in [0.15, 0.2) is 5.82 Å². The summed E-state index contributed by atoms with van der Waals surface area (Å²) in [4.78, 5) is 25.3. The number of carbonyl (C=O) groups excluding carboxylic acids is 1. The molecule has 0 aromatic carbocycles. The Balaban J connectivity index is 1.45. The number of aromatic nitrogens is 4. The van der Waals surface area contributed by atoms with Crippen LogP contribution < -0.4 is 10.6 Å². The lowest BCUT2D eigenvalue weighted by atomic mass is 10.1. The first-order valence-electron chi connectivity index (χ1n) is 9.72. The van der Waals surface area contributed by atoms with Crippen LogP contribution in [0.5, 0.6) is 0 Å². The van der Waals surface area contributed by atoms with Crippen LogP contribution in [-0.2, 0) is 11.3 Å². The van der Waals surface area contributed by atoms with E-state index in [0.717, 1.165) is 43.9 Å². The van der Waals surface area contributed by atoms with Crippen LogP contribution in [0, 0.1) is 20.8 Å². The number of carbonyl (C=O) groups is 1. The Morgan fingerprint density at radius 2 is 2.00 bits per heavy atom. The van der Waals surface area contributed by atoms with Crippen molar-refractivity contribution in [3.63, 3.8) is 0 Å². The molecule has 0 saturated carbocycles. The third kappa shape index (κ3) is 3.30. The van der Waals surface area contributed by atoms with Gasteiger partial charge in [-0.15, -0.1) is 0 Å². The second-order valence-corrected chi connectivity index (χ2v) is 8.09. The molecule has 8 nitrogen and oxygen atoms in total. The lowest BCUT2D eigenvalue weighted by Gasteiger charge is -2.27. The molecular formula is C19H26ClN7O. The fraction of sp³-hybridized carbons (Fsp3) is 0.579. The summed E-state index contributed by atoms with van der Waals surface area (Å²) < 4.78 is 2.01. The number of hydrogen-bond donors (Lipinski definition) is 1. The number of nitrogens with zero attached hydrogens (tertiary/aromatic N) is 6. The lowest BCUT2D eigenvalue weighted by Crippen LogP contribution is -2.38. The third-order valence-electron chi connectivity index (χ3n) is 5.78. The Kier molecular flexibility index (Phi) is 4.91. The van der Waals surface area contributed by atoms with E-state index in [4.69, 9.17) is 17.3 Å². The molecule has 2 atom stereocenters. The molecule has 2 N–H and O–H groups in total. The van der Waals surface area contributed by atoms with Crippen molar-refractivity contribution in [2.45, 2.75) is 58.7 Å². The number of aryl methyl sites for hydroxylation is 4. The average Bonchev–Trinajstić information content (AvgIpc) is 3.26. The number of anilines is 2. The summed E-state index contributed by atoms with van der Waals surface area (Å²) in [5.74, 6) is 1.06. The number of amides is 1. The van der Waals surface area contributed by atoms with E-state index in [1.165, 1.54) is 0 Å². The minimum absolute atomic E-state index is 0.0902. The Labute approximate surface area is 169 Å². The monoisotopic (exact) mass is 403 g/mol. The Bertz CT molecular complexity index is 912. The van der Waals surface area contributed by atoms with Gasteiger partial charge in [0.2, 0.25) is 11.9 Å². The summed E-state index contributed by atoms with van der Waals surface area (Å²) in [6, 6.07) is 2.36. The van der Waals surface area contributed by atoms with Gasteiger partial charge in [-0.05, 0) is 39.7 Å². The van der Waals surface area contributed by atoms with Crippen LogP contribution in [0.3, 0.4) is 0 Å². The van der Waals surface area contributed by atoms with Crippen molar-refractivity contribution >= 4 is 29.3 Å². The highest BCUT2D eigenvalue weighted by Crippen LogP contribution is 2.38. The maximum Gasteiger partial charge on any atom is 0.225 e. The molecule has 0 radical (unpaired) electrons. The standard InChI is InChI=1S/C19H26ClN7O/c1-11-9-12(2)27(24-11)7-4-6-25-14-5-8-26(15(14)10-16(25)28)18-17(20)13(3)22-19(21)23-18/h9,14-15H,4-8,10H2,1-3H3,(H2,21,22,23). The molecular weight excluding hydrogens is 378 g/mol. The van der Waals surface area contributed by atoms with Gasteiger partial charge in [-0.3, -0.25) is 9.48 Å². The summed E-state index contributed by atoms with van der Waals surface area (Å²) >= 11 is 6.45. The maximum atomic E-state index is 12.7. The molecule has 1 amide bonds. The van der Waals surface area contributed by atoms with E-state index in [1.54, 1.807) is 0 Å².